The summed E-state index contributed by atoms with van der Waals surface area (Å²) >= 11 is 0. The fraction of sp³-hybridized carbons (Fsp3) is 0.364. The van der Waals surface area contributed by atoms with Crippen molar-refractivity contribution in [1.82, 2.24) is 0 Å². The van der Waals surface area contributed by atoms with Crippen molar-refractivity contribution < 1.29 is 16.8 Å². The highest BCUT2D eigenvalue weighted by Gasteiger charge is 2.63. The standard InChI is InChI=1S/C22H24O4S2/c23-27(24,19-12-3-1-4-13-19)22(28(25,26)20-14-5-2-6-15-20)17-9-11-18-10-7-8-16-21(18)22/h1-6,8,12-16,18,21H,7,9-11,17H2/t18-,21-/m0/s1. The van der Waals surface area contributed by atoms with E-state index >= 15 is 0 Å². The summed E-state index contributed by atoms with van der Waals surface area (Å²) in [7, 11) is -8.28. The van der Waals surface area contributed by atoms with Crippen LogP contribution in [-0.4, -0.2) is 20.9 Å². The van der Waals surface area contributed by atoms with E-state index in [4.69, 9.17) is 0 Å². The van der Waals surface area contributed by atoms with E-state index < -0.39 is 29.7 Å². The normalized spacial score (nSPS) is 24.4. The molecule has 0 bridgehead atoms. The molecule has 4 rings (SSSR count). The number of benzene rings is 2. The Hall–Kier alpha value is -1.92. The van der Waals surface area contributed by atoms with E-state index in [0.29, 0.717) is 6.42 Å². The third-order valence-corrected chi connectivity index (χ3v) is 12.1. The monoisotopic (exact) mass is 416 g/mol. The van der Waals surface area contributed by atoms with Gasteiger partial charge in [-0.3, -0.25) is 0 Å². The van der Waals surface area contributed by atoms with Crippen LogP contribution < -0.4 is 0 Å². The fourth-order valence-electron chi connectivity index (χ4n) is 4.87. The summed E-state index contributed by atoms with van der Waals surface area (Å²) in [4.78, 5) is 0.156. The van der Waals surface area contributed by atoms with E-state index in [-0.39, 0.29) is 22.1 Å². The molecule has 0 saturated heterocycles. The second-order valence-electron chi connectivity index (χ2n) is 7.63. The lowest BCUT2D eigenvalue weighted by Crippen LogP contribution is -2.56. The highest BCUT2D eigenvalue weighted by molar-refractivity contribution is 8.10. The topological polar surface area (TPSA) is 68.3 Å². The van der Waals surface area contributed by atoms with Crippen molar-refractivity contribution in [1.29, 1.82) is 0 Å². The van der Waals surface area contributed by atoms with Gasteiger partial charge in [-0.1, -0.05) is 55.0 Å². The van der Waals surface area contributed by atoms with Crippen LogP contribution in [0.3, 0.4) is 0 Å². The molecule has 1 saturated carbocycles. The quantitative estimate of drug-likeness (QED) is 0.693. The molecule has 2 aliphatic carbocycles. The minimum absolute atomic E-state index is 0.0655. The minimum atomic E-state index is -4.14. The van der Waals surface area contributed by atoms with E-state index in [1.165, 1.54) is 24.3 Å². The number of rotatable bonds is 4. The Bertz CT molecular complexity index is 1000. The van der Waals surface area contributed by atoms with Gasteiger partial charge in [-0.2, -0.15) is 0 Å². The maximum absolute atomic E-state index is 14.0. The largest absolute Gasteiger partial charge is 0.222 e. The van der Waals surface area contributed by atoms with Gasteiger partial charge in [0.05, 0.1) is 9.79 Å². The minimum Gasteiger partial charge on any atom is -0.222 e. The van der Waals surface area contributed by atoms with Gasteiger partial charge < -0.3 is 0 Å². The summed E-state index contributed by atoms with van der Waals surface area (Å²) in [6.07, 6.45) is 7.08. The molecule has 0 heterocycles. The molecule has 4 nitrogen and oxygen atoms in total. The number of hydrogen-bond donors (Lipinski definition) is 0. The summed E-state index contributed by atoms with van der Waals surface area (Å²) in [6, 6.07) is 16.1. The van der Waals surface area contributed by atoms with Crippen LogP contribution >= 0.6 is 0 Å². The Morgan fingerprint density at radius 2 is 1.29 bits per heavy atom. The third-order valence-electron chi connectivity index (χ3n) is 6.18. The summed E-state index contributed by atoms with van der Waals surface area (Å²) in [6.45, 7) is 0. The van der Waals surface area contributed by atoms with E-state index in [9.17, 15) is 16.8 Å². The zero-order valence-corrected chi connectivity index (χ0v) is 17.2. The first-order valence-corrected chi connectivity index (χ1v) is 12.6. The second kappa shape index (κ2) is 7.16. The lowest BCUT2D eigenvalue weighted by molar-refractivity contribution is 0.238. The second-order valence-corrected chi connectivity index (χ2v) is 12.3. The number of fused-ring (bicyclic) bond motifs is 1. The van der Waals surface area contributed by atoms with Crippen molar-refractivity contribution in [3.05, 3.63) is 72.8 Å². The summed E-state index contributed by atoms with van der Waals surface area (Å²) in [5.74, 6) is -0.471. The molecule has 148 valence electrons. The van der Waals surface area contributed by atoms with E-state index in [1.807, 2.05) is 12.2 Å². The van der Waals surface area contributed by atoms with Crippen LogP contribution in [-0.2, 0) is 19.7 Å². The van der Waals surface area contributed by atoms with Crippen LogP contribution in [0.2, 0.25) is 0 Å². The molecular formula is C22H24O4S2. The average Bonchev–Trinajstić information content (AvgIpc) is 2.74. The predicted octanol–water partition coefficient (Wildman–Crippen LogP) is 4.40. The SMILES string of the molecule is O=S(=O)(c1ccccc1)C1(S(=O)(=O)c2ccccc2)CCC[C@@H]2CCC=C[C@@H]21. The van der Waals surface area contributed by atoms with Gasteiger partial charge in [-0.15, -0.1) is 0 Å². The van der Waals surface area contributed by atoms with Crippen molar-refractivity contribution >= 4 is 19.7 Å². The molecular weight excluding hydrogens is 392 g/mol. The fourth-order valence-corrected chi connectivity index (χ4v) is 10.5. The van der Waals surface area contributed by atoms with Gasteiger partial charge >= 0.3 is 0 Å². The Labute approximate surface area is 167 Å². The predicted molar refractivity (Wildman–Crippen MR) is 109 cm³/mol. The number of hydrogen-bond acceptors (Lipinski definition) is 4. The van der Waals surface area contributed by atoms with Gasteiger partial charge in [0.1, 0.15) is 0 Å². The van der Waals surface area contributed by atoms with Gasteiger partial charge in [0.15, 0.2) is 23.8 Å². The molecule has 0 aliphatic heterocycles. The molecule has 0 radical (unpaired) electrons. The Balaban J connectivity index is 2.03. The molecule has 6 heteroatoms. The first-order chi connectivity index (χ1) is 13.4. The summed E-state index contributed by atoms with van der Waals surface area (Å²) in [5, 5.41) is 0. The van der Waals surface area contributed by atoms with Gasteiger partial charge in [-0.25, -0.2) is 16.8 Å². The zero-order valence-electron chi connectivity index (χ0n) is 15.6. The molecule has 28 heavy (non-hydrogen) atoms. The van der Waals surface area contributed by atoms with Crippen molar-refractivity contribution in [2.24, 2.45) is 11.8 Å². The highest BCUT2D eigenvalue weighted by atomic mass is 32.3. The van der Waals surface area contributed by atoms with Crippen LogP contribution in [0.5, 0.6) is 0 Å². The van der Waals surface area contributed by atoms with Crippen molar-refractivity contribution in [3.63, 3.8) is 0 Å². The molecule has 0 N–H and O–H groups in total. The van der Waals surface area contributed by atoms with E-state index in [2.05, 4.69) is 0 Å². The lowest BCUT2D eigenvalue weighted by Gasteiger charge is -2.46. The number of allylic oxidation sites excluding steroid dienone is 2. The molecule has 0 unspecified atom stereocenters. The van der Waals surface area contributed by atoms with E-state index in [1.54, 1.807) is 36.4 Å². The van der Waals surface area contributed by atoms with Crippen LogP contribution in [0.1, 0.15) is 32.1 Å². The Morgan fingerprint density at radius 3 is 1.82 bits per heavy atom. The van der Waals surface area contributed by atoms with Gasteiger partial charge in [-0.05, 0) is 55.9 Å². The summed E-state index contributed by atoms with van der Waals surface area (Å²) < 4.78 is 54.0. The molecule has 0 aromatic heterocycles. The first-order valence-electron chi connectivity index (χ1n) is 9.67. The number of sulfone groups is 2. The molecule has 2 aromatic carbocycles. The van der Waals surface area contributed by atoms with Crippen molar-refractivity contribution in [3.8, 4) is 0 Å². The molecule has 2 atom stereocenters. The summed E-state index contributed by atoms with van der Waals surface area (Å²) in [5.41, 5.74) is 0. The third kappa shape index (κ3) is 2.77. The Kier molecular flexibility index (Phi) is 4.96. The van der Waals surface area contributed by atoms with Gasteiger partial charge in [0.2, 0.25) is 0 Å². The van der Waals surface area contributed by atoms with Crippen molar-refractivity contribution in [2.45, 2.75) is 46.0 Å². The van der Waals surface area contributed by atoms with Crippen LogP contribution in [0, 0.1) is 11.8 Å². The van der Waals surface area contributed by atoms with E-state index in [0.717, 1.165) is 19.3 Å². The van der Waals surface area contributed by atoms with Gasteiger partial charge in [0.25, 0.3) is 0 Å². The average molecular weight is 417 g/mol. The Morgan fingerprint density at radius 1 is 0.750 bits per heavy atom. The molecule has 0 spiro atoms. The van der Waals surface area contributed by atoms with Crippen LogP contribution in [0.25, 0.3) is 0 Å². The van der Waals surface area contributed by atoms with Gasteiger partial charge in [0, 0.05) is 5.92 Å². The maximum atomic E-state index is 14.0. The molecule has 1 fully saturated rings. The highest BCUT2D eigenvalue weighted by Crippen LogP contribution is 2.53. The maximum Gasteiger partial charge on any atom is 0.199 e. The van der Waals surface area contributed by atoms with Crippen LogP contribution in [0.4, 0.5) is 0 Å². The smallest absolute Gasteiger partial charge is 0.199 e. The molecule has 2 aromatic rings. The molecule has 2 aliphatic rings. The lowest BCUT2D eigenvalue weighted by atomic mass is 9.73. The van der Waals surface area contributed by atoms with Crippen molar-refractivity contribution in [2.75, 3.05) is 0 Å². The molecule has 0 amide bonds. The zero-order chi connectivity index (χ0) is 19.8. The van der Waals surface area contributed by atoms with Crippen LogP contribution in [0.15, 0.2) is 82.6 Å². The first kappa shape index (κ1) is 19.4.